The normalized spacial score (nSPS) is 24.8. The molecule has 1 aromatic rings. The maximum absolute atomic E-state index is 13.2. The van der Waals surface area contributed by atoms with Gasteiger partial charge >= 0.3 is 0 Å². The monoisotopic (exact) mass is 264 g/mol. The van der Waals surface area contributed by atoms with Crippen LogP contribution in [0.25, 0.3) is 0 Å². The molecule has 0 bridgehead atoms. The van der Waals surface area contributed by atoms with Crippen molar-refractivity contribution >= 4 is 5.91 Å². The highest BCUT2D eigenvalue weighted by molar-refractivity contribution is 5.83. The number of rotatable bonds is 3. The van der Waals surface area contributed by atoms with Crippen LogP contribution in [0.1, 0.15) is 38.3 Å². The molecular weight excluding hydrogens is 243 g/mol. The highest BCUT2D eigenvalue weighted by Gasteiger charge is 2.35. The van der Waals surface area contributed by atoms with Crippen LogP contribution in [-0.2, 0) is 4.79 Å². The van der Waals surface area contributed by atoms with E-state index in [9.17, 15) is 9.18 Å². The van der Waals surface area contributed by atoms with Crippen LogP contribution >= 0.6 is 0 Å². The Labute approximate surface area is 113 Å². The van der Waals surface area contributed by atoms with E-state index in [-0.39, 0.29) is 23.2 Å². The number of carbonyl (C=O) groups is 1. The third-order valence-electron chi connectivity index (χ3n) is 3.84. The van der Waals surface area contributed by atoms with Gasteiger partial charge in [-0.05, 0) is 50.9 Å². The van der Waals surface area contributed by atoms with Crippen LogP contribution in [0.5, 0.6) is 0 Å². The second-order valence-corrected chi connectivity index (χ2v) is 5.59. The van der Waals surface area contributed by atoms with Crippen molar-refractivity contribution in [2.45, 2.75) is 32.7 Å². The van der Waals surface area contributed by atoms with Crippen molar-refractivity contribution in [2.24, 2.45) is 5.41 Å². The first-order chi connectivity index (χ1) is 9.01. The van der Waals surface area contributed by atoms with Crippen molar-refractivity contribution < 1.29 is 9.18 Å². The molecule has 3 nitrogen and oxygen atoms in total. The fourth-order valence-corrected chi connectivity index (χ4v) is 2.48. The number of carbonyl (C=O) groups excluding carboxylic acids is 1. The van der Waals surface area contributed by atoms with Gasteiger partial charge in [-0.1, -0.05) is 12.1 Å². The zero-order valence-electron chi connectivity index (χ0n) is 11.5. The van der Waals surface area contributed by atoms with Gasteiger partial charge in [0.15, 0.2) is 0 Å². The molecule has 0 spiro atoms. The SMILES string of the molecule is C[C@H](NC(=O)C1(C)CCCNC1)c1cccc(F)c1. The van der Waals surface area contributed by atoms with Crippen LogP contribution in [0.3, 0.4) is 0 Å². The molecule has 1 aliphatic heterocycles. The smallest absolute Gasteiger partial charge is 0.227 e. The van der Waals surface area contributed by atoms with Crippen LogP contribution in [-0.4, -0.2) is 19.0 Å². The van der Waals surface area contributed by atoms with Gasteiger partial charge in [-0.15, -0.1) is 0 Å². The first kappa shape index (κ1) is 14.0. The summed E-state index contributed by atoms with van der Waals surface area (Å²) in [5.41, 5.74) is 0.431. The summed E-state index contributed by atoms with van der Waals surface area (Å²) in [7, 11) is 0. The summed E-state index contributed by atoms with van der Waals surface area (Å²) < 4.78 is 13.2. The lowest BCUT2D eigenvalue weighted by atomic mass is 9.81. The molecule has 4 heteroatoms. The average Bonchev–Trinajstić information content (AvgIpc) is 2.39. The van der Waals surface area contributed by atoms with Gasteiger partial charge in [0, 0.05) is 6.54 Å². The number of benzene rings is 1. The van der Waals surface area contributed by atoms with Crippen LogP contribution in [0.2, 0.25) is 0 Å². The quantitative estimate of drug-likeness (QED) is 0.880. The van der Waals surface area contributed by atoms with Crippen molar-refractivity contribution in [3.05, 3.63) is 35.6 Å². The number of hydrogen-bond acceptors (Lipinski definition) is 2. The molecule has 1 amide bonds. The van der Waals surface area contributed by atoms with Gasteiger partial charge in [-0.3, -0.25) is 4.79 Å². The Kier molecular flexibility index (Phi) is 4.20. The Bertz CT molecular complexity index is 455. The van der Waals surface area contributed by atoms with Crippen LogP contribution < -0.4 is 10.6 Å². The summed E-state index contributed by atoms with van der Waals surface area (Å²) >= 11 is 0. The van der Waals surface area contributed by atoms with Crippen molar-refractivity contribution in [1.82, 2.24) is 10.6 Å². The fourth-order valence-electron chi connectivity index (χ4n) is 2.48. The van der Waals surface area contributed by atoms with Gasteiger partial charge in [0.2, 0.25) is 5.91 Å². The molecule has 1 aliphatic rings. The maximum Gasteiger partial charge on any atom is 0.227 e. The molecule has 2 atom stereocenters. The van der Waals surface area contributed by atoms with E-state index in [4.69, 9.17) is 0 Å². The van der Waals surface area contributed by atoms with Gasteiger partial charge in [0.05, 0.1) is 11.5 Å². The molecule has 1 fully saturated rings. The zero-order valence-corrected chi connectivity index (χ0v) is 11.5. The summed E-state index contributed by atoms with van der Waals surface area (Å²) in [6, 6.07) is 6.19. The molecule has 104 valence electrons. The number of nitrogens with one attached hydrogen (secondary N) is 2. The van der Waals surface area contributed by atoms with E-state index in [0.29, 0.717) is 6.54 Å². The zero-order chi connectivity index (χ0) is 13.9. The maximum atomic E-state index is 13.2. The lowest BCUT2D eigenvalue weighted by Crippen LogP contribution is -2.49. The van der Waals surface area contributed by atoms with Crippen LogP contribution in [0.4, 0.5) is 4.39 Å². The van der Waals surface area contributed by atoms with E-state index < -0.39 is 0 Å². The first-order valence-corrected chi connectivity index (χ1v) is 6.78. The summed E-state index contributed by atoms with van der Waals surface area (Å²) in [5.74, 6) is -0.236. The van der Waals surface area contributed by atoms with Crippen molar-refractivity contribution in [3.8, 4) is 0 Å². The van der Waals surface area contributed by atoms with E-state index >= 15 is 0 Å². The topological polar surface area (TPSA) is 41.1 Å². The summed E-state index contributed by atoms with van der Waals surface area (Å²) in [4.78, 5) is 12.3. The van der Waals surface area contributed by atoms with Crippen molar-refractivity contribution in [3.63, 3.8) is 0 Å². The molecule has 1 unspecified atom stereocenters. The van der Waals surface area contributed by atoms with E-state index in [0.717, 1.165) is 24.9 Å². The van der Waals surface area contributed by atoms with Crippen molar-refractivity contribution in [2.75, 3.05) is 13.1 Å². The van der Waals surface area contributed by atoms with Gasteiger partial charge in [-0.2, -0.15) is 0 Å². The molecule has 1 aromatic carbocycles. The lowest BCUT2D eigenvalue weighted by Gasteiger charge is -2.33. The van der Waals surface area contributed by atoms with Crippen molar-refractivity contribution in [1.29, 1.82) is 0 Å². The summed E-state index contributed by atoms with van der Waals surface area (Å²) in [6.07, 6.45) is 1.90. The molecule has 0 aromatic heterocycles. The molecule has 0 aliphatic carbocycles. The first-order valence-electron chi connectivity index (χ1n) is 6.78. The largest absolute Gasteiger partial charge is 0.349 e. The van der Waals surface area contributed by atoms with Crippen LogP contribution in [0.15, 0.2) is 24.3 Å². The van der Waals surface area contributed by atoms with Gasteiger partial charge in [0.25, 0.3) is 0 Å². The molecule has 2 N–H and O–H groups in total. The lowest BCUT2D eigenvalue weighted by molar-refractivity contribution is -0.131. The molecule has 0 radical (unpaired) electrons. The van der Waals surface area contributed by atoms with Crippen LogP contribution in [0, 0.1) is 11.2 Å². The van der Waals surface area contributed by atoms with Gasteiger partial charge < -0.3 is 10.6 Å². The highest BCUT2D eigenvalue weighted by atomic mass is 19.1. The number of hydrogen-bond donors (Lipinski definition) is 2. The molecular formula is C15H21FN2O. The Morgan fingerprint density at radius 1 is 1.53 bits per heavy atom. The standard InChI is InChI=1S/C15H21FN2O/c1-11(12-5-3-6-13(16)9-12)18-14(19)15(2)7-4-8-17-10-15/h3,5-6,9,11,17H,4,7-8,10H2,1-2H3,(H,18,19)/t11-,15?/m0/s1. The molecule has 19 heavy (non-hydrogen) atoms. The number of piperidine rings is 1. The minimum absolute atomic E-state index is 0.0384. The molecule has 1 saturated heterocycles. The predicted molar refractivity (Wildman–Crippen MR) is 73.2 cm³/mol. The third-order valence-corrected chi connectivity index (χ3v) is 3.84. The van der Waals surface area contributed by atoms with E-state index in [1.54, 1.807) is 6.07 Å². The second-order valence-electron chi connectivity index (χ2n) is 5.59. The Morgan fingerprint density at radius 2 is 2.32 bits per heavy atom. The van der Waals surface area contributed by atoms with E-state index in [1.165, 1.54) is 12.1 Å². The Morgan fingerprint density at radius 3 is 2.95 bits per heavy atom. The second kappa shape index (κ2) is 5.70. The summed E-state index contributed by atoms with van der Waals surface area (Å²) in [5, 5.41) is 6.25. The predicted octanol–water partition coefficient (Wildman–Crippen LogP) is 2.39. The minimum atomic E-state index is -0.361. The van der Waals surface area contributed by atoms with Gasteiger partial charge in [-0.25, -0.2) is 4.39 Å². The fraction of sp³-hybridized carbons (Fsp3) is 0.533. The molecule has 0 saturated carbocycles. The average molecular weight is 264 g/mol. The Hall–Kier alpha value is -1.42. The summed E-state index contributed by atoms with van der Waals surface area (Å²) in [6.45, 7) is 5.54. The minimum Gasteiger partial charge on any atom is -0.349 e. The number of halogens is 1. The Balaban J connectivity index is 2.02. The third kappa shape index (κ3) is 3.32. The molecule has 1 heterocycles. The highest BCUT2D eigenvalue weighted by Crippen LogP contribution is 2.27. The van der Waals surface area contributed by atoms with E-state index in [2.05, 4.69) is 10.6 Å². The molecule has 2 rings (SSSR count). The van der Waals surface area contributed by atoms with E-state index in [1.807, 2.05) is 19.9 Å². The number of amides is 1. The van der Waals surface area contributed by atoms with Gasteiger partial charge in [0.1, 0.15) is 5.82 Å².